The van der Waals surface area contributed by atoms with E-state index in [0.29, 0.717) is 6.42 Å². The Morgan fingerprint density at radius 2 is 1.92 bits per heavy atom. The molecular formula is C10H22N2O. The van der Waals surface area contributed by atoms with E-state index in [4.69, 9.17) is 5.73 Å². The first-order valence-electron chi connectivity index (χ1n) is 4.78. The van der Waals surface area contributed by atoms with Crippen molar-refractivity contribution in [1.29, 1.82) is 0 Å². The molecule has 78 valence electrons. The molecule has 0 aliphatic heterocycles. The smallest absolute Gasteiger partial charge is 0.223 e. The van der Waals surface area contributed by atoms with E-state index in [0.717, 1.165) is 6.54 Å². The van der Waals surface area contributed by atoms with Crippen LogP contribution in [0.15, 0.2) is 0 Å². The van der Waals surface area contributed by atoms with Crippen molar-refractivity contribution >= 4 is 5.91 Å². The standard InChI is InChI=1S/C10H22N2O/c1-6-12(5)9(13)7-8(11)10(2,3)4/h8H,6-7,11H2,1-5H3. The van der Waals surface area contributed by atoms with Gasteiger partial charge in [-0.05, 0) is 12.3 Å². The first-order valence-corrected chi connectivity index (χ1v) is 4.78. The highest BCUT2D eigenvalue weighted by molar-refractivity contribution is 5.76. The summed E-state index contributed by atoms with van der Waals surface area (Å²) in [5, 5.41) is 0. The van der Waals surface area contributed by atoms with Gasteiger partial charge in [-0.2, -0.15) is 0 Å². The molecule has 0 saturated carbocycles. The summed E-state index contributed by atoms with van der Waals surface area (Å²) in [6, 6.07) is -0.0611. The van der Waals surface area contributed by atoms with Gasteiger partial charge in [-0.25, -0.2) is 0 Å². The average molecular weight is 186 g/mol. The van der Waals surface area contributed by atoms with E-state index in [-0.39, 0.29) is 17.4 Å². The lowest BCUT2D eigenvalue weighted by molar-refractivity contribution is -0.130. The van der Waals surface area contributed by atoms with Gasteiger partial charge in [0.05, 0.1) is 0 Å². The number of rotatable bonds is 3. The van der Waals surface area contributed by atoms with Crippen LogP contribution in [-0.4, -0.2) is 30.4 Å². The first kappa shape index (κ1) is 12.4. The summed E-state index contributed by atoms with van der Waals surface area (Å²) < 4.78 is 0. The number of hydrogen-bond donors (Lipinski definition) is 1. The van der Waals surface area contributed by atoms with Crippen LogP contribution >= 0.6 is 0 Å². The maximum Gasteiger partial charge on any atom is 0.223 e. The molecule has 0 spiro atoms. The van der Waals surface area contributed by atoms with Crippen LogP contribution in [0.2, 0.25) is 0 Å². The number of carbonyl (C=O) groups is 1. The van der Waals surface area contributed by atoms with Crippen LogP contribution in [0.5, 0.6) is 0 Å². The molecule has 0 saturated heterocycles. The first-order chi connectivity index (χ1) is 5.79. The van der Waals surface area contributed by atoms with Gasteiger partial charge in [-0.15, -0.1) is 0 Å². The lowest BCUT2D eigenvalue weighted by Gasteiger charge is -2.28. The molecule has 0 rings (SSSR count). The molecule has 0 aromatic heterocycles. The van der Waals surface area contributed by atoms with E-state index in [2.05, 4.69) is 20.8 Å². The van der Waals surface area contributed by atoms with E-state index in [1.807, 2.05) is 6.92 Å². The van der Waals surface area contributed by atoms with Crippen LogP contribution < -0.4 is 5.73 Å². The normalized spacial score (nSPS) is 14.0. The fourth-order valence-corrected chi connectivity index (χ4v) is 0.827. The molecule has 0 bridgehead atoms. The summed E-state index contributed by atoms with van der Waals surface area (Å²) in [6.07, 6.45) is 0.438. The van der Waals surface area contributed by atoms with E-state index in [9.17, 15) is 4.79 Å². The van der Waals surface area contributed by atoms with E-state index in [1.165, 1.54) is 0 Å². The SMILES string of the molecule is CCN(C)C(=O)CC(N)C(C)(C)C. The molecule has 1 unspecified atom stereocenters. The molecule has 0 radical (unpaired) electrons. The summed E-state index contributed by atoms with van der Waals surface area (Å²) in [7, 11) is 1.80. The third-order valence-corrected chi connectivity index (χ3v) is 2.41. The number of carbonyl (C=O) groups excluding carboxylic acids is 1. The molecule has 0 aromatic carbocycles. The summed E-state index contributed by atoms with van der Waals surface area (Å²) in [5.74, 6) is 0.130. The average Bonchev–Trinajstić information content (AvgIpc) is 2.01. The van der Waals surface area contributed by atoms with Crippen molar-refractivity contribution in [1.82, 2.24) is 4.90 Å². The highest BCUT2D eigenvalue weighted by Gasteiger charge is 2.23. The van der Waals surface area contributed by atoms with Crippen molar-refractivity contribution in [2.75, 3.05) is 13.6 Å². The lowest BCUT2D eigenvalue weighted by atomic mass is 9.85. The second kappa shape index (κ2) is 4.61. The van der Waals surface area contributed by atoms with Gasteiger partial charge in [0.1, 0.15) is 0 Å². The molecule has 3 heteroatoms. The molecule has 0 aliphatic carbocycles. The molecular weight excluding hydrogens is 164 g/mol. The highest BCUT2D eigenvalue weighted by Crippen LogP contribution is 2.20. The minimum Gasteiger partial charge on any atom is -0.346 e. The molecule has 13 heavy (non-hydrogen) atoms. The van der Waals surface area contributed by atoms with Gasteiger partial charge in [0, 0.05) is 26.1 Å². The number of amides is 1. The Hall–Kier alpha value is -0.570. The molecule has 0 aliphatic rings. The number of hydrogen-bond acceptors (Lipinski definition) is 2. The topological polar surface area (TPSA) is 46.3 Å². The van der Waals surface area contributed by atoms with Crippen molar-refractivity contribution in [2.45, 2.75) is 40.2 Å². The zero-order valence-electron chi connectivity index (χ0n) is 9.42. The van der Waals surface area contributed by atoms with E-state index in [1.54, 1.807) is 11.9 Å². The molecule has 2 N–H and O–H groups in total. The summed E-state index contributed by atoms with van der Waals surface area (Å²) in [6.45, 7) is 8.86. The third-order valence-electron chi connectivity index (χ3n) is 2.41. The summed E-state index contributed by atoms with van der Waals surface area (Å²) in [4.78, 5) is 13.2. The lowest BCUT2D eigenvalue weighted by Crippen LogP contribution is -2.40. The Morgan fingerprint density at radius 3 is 2.23 bits per heavy atom. The van der Waals surface area contributed by atoms with Gasteiger partial charge in [0.2, 0.25) is 5.91 Å². The molecule has 0 fully saturated rings. The van der Waals surface area contributed by atoms with Gasteiger partial charge in [0.25, 0.3) is 0 Å². The molecule has 1 amide bonds. The van der Waals surface area contributed by atoms with Crippen LogP contribution in [0.3, 0.4) is 0 Å². The van der Waals surface area contributed by atoms with Crippen LogP contribution in [-0.2, 0) is 4.79 Å². The second-order valence-electron chi connectivity index (χ2n) is 4.58. The van der Waals surface area contributed by atoms with Crippen LogP contribution in [0.25, 0.3) is 0 Å². The molecule has 0 heterocycles. The van der Waals surface area contributed by atoms with E-state index < -0.39 is 0 Å². The Labute approximate surface area is 81.3 Å². The Bertz CT molecular complexity index is 172. The molecule has 3 nitrogen and oxygen atoms in total. The Balaban J connectivity index is 4.07. The zero-order valence-corrected chi connectivity index (χ0v) is 9.42. The van der Waals surface area contributed by atoms with E-state index >= 15 is 0 Å². The monoisotopic (exact) mass is 186 g/mol. The third kappa shape index (κ3) is 4.27. The quantitative estimate of drug-likeness (QED) is 0.720. The Kier molecular flexibility index (Phi) is 4.40. The number of nitrogens with zero attached hydrogens (tertiary/aromatic N) is 1. The molecule has 1 atom stereocenters. The van der Waals surface area contributed by atoms with Gasteiger partial charge in [0.15, 0.2) is 0 Å². The zero-order chi connectivity index (χ0) is 10.6. The summed E-state index contributed by atoms with van der Waals surface area (Å²) in [5.41, 5.74) is 5.90. The fraction of sp³-hybridized carbons (Fsp3) is 0.900. The predicted molar refractivity (Wildman–Crippen MR) is 55.4 cm³/mol. The van der Waals surface area contributed by atoms with Crippen molar-refractivity contribution in [3.8, 4) is 0 Å². The molecule has 0 aromatic rings. The van der Waals surface area contributed by atoms with Gasteiger partial charge < -0.3 is 10.6 Å². The minimum absolute atomic E-state index is 0.00421. The second-order valence-corrected chi connectivity index (χ2v) is 4.58. The summed E-state index contributed by atoms with van der Waals surface area (Å²) >= 11 is 0. The minimum atomic E-state index is -0.0611. The largest absolute Gasteiger partial charge is 0.346 e. The highest BCUT2D eigenvalue weighted by atomic mass is 16.2. The fourth-order valence-electron chi connectivity index (χ4n) is 0.827. The van der Waals surface area contributed by atoms with Crippen molar-refractivity contribution in [2.24, 2.45) is 11.1 Å². The number of nitrogens with two attached hydrogens (primary N) is 1. The van der Waals surface area contributed by atoms with Gasteiger partial charge in [-0.3, -0.25) is 4.79 Å². The van der Waals surface area contributed by atoms with Crippen molar-refractivity contribution < 1.29 is 4.79 Å². The van der Waals surface area contributed by atoms with Crippen LogP contribution in [0, 0.1) is 5.41 Å². The van der Waals surface area contributed by atoms with Gasteiger partial charge >= 0.3 is 0 Å². The maximum atomic E-state index is 11.5. The van der Waals surface area contributed by atoms with Crippen LogP contribution in [0.1, 0.15) is 34.1 Å². The van der Waals surface area contributed by atoms with Crippen LogP contribution in [0.4, 0.5) is 0 Å². The Morgan fingerprint density at radius 1 is 1.46 bits per heavy atom. The van der Waals surface area contributed by atoms with Crippen molar-refractivity contribution in [3.05, 3.63) is 0 Å². The maximum absolute atomic E-state index is 11.5. The predicted octanol–water partition coefficient (Wildman–Crippen LogP) is 1.23. The van der Waals surface area contributed by atoms with Crippen molar-refractivity contribution in [3.63, 3.8) is 0 Å². The van der Waals surface area contributed by atoms with Gasteiger partial charge in [-0.1, -0.05) is 20.8 Å².